The Morgan fingerprint density at radius 2 is 0.944 bits per heavy atom. The van der Waals surface area contributed by atoms with Crippen molar-refractivity contribution < 1.29 is 19.1 Å². The molecule has 4 heteroatoms. The molecule has 0 heterocycles. The zero-order valence-electron chi connectivity index (χ0n) is 21.0. The maximum absolute atomic E-state index is 13.7. The summed E-state index contributed by atoms with van der Waals surface area (Å²) >= 11 is 0. The number of ether oxygens (including phenoxy) is 2. The Morgan fingerprint density at radius 3 is 1.31 bits per heavy atom. The SMILES string of the molecule is CC(C)OC1=C(OC(C)C)C(=O)C(=C(C=C(c2ccccc2)c2ccccc2)c2ccccc2)C1=O. The summed E-state index contributed by atoms with van der Waals surface area (Å²) in [7, 11) is 0. The average molecular weight is 479 g/mol. The first kappa shape index (κ1) is 24.9. The number of ketones is 2. The highest BCUT2D eigenvalue weighted by atomic mass is 16.5. The lowest BCUT2D eigenvalue weighted by atomic mass is 9.90. The zero-order valence-corrected chi connectivity index (χ0v) is 21.0. The number of benzene rings is 3. The minimum absolute atomic E-state index is 0.0264. The van der Waals surface area contributed by atoms with Crippen molar-refractivity contribution in [2.24, 2.45) is 0 Å². The fourth-order valence-electron chi connectivity index (χ4n) is 4.10. The number of allylic oxidation sites excluding steroid dienone is 4. The van der Waals surface area contributed by atoms with Crippen LogP contribution >= 0.6 is 0 Å². The fourth-order valence-corrected chi connectivity index (χ4v) is 4.10. The van der Waals surface area contributed by atoms with Crippen molar-refractivity contribution >= 4 is 22.7 Å². The van der Waals surface area contributed by atoms with Gasteiger partial charge in [-0.3, -0.25) is 9.59 Å². The summed E-state index contributed by atoms with van der Waals surface area (Å²) in [6.07, 6.45) is 1.35. The number of Topliss-reactive ketones (excluding diaryl/α,β-unsaturated/α-hetero) is 2. The van der Waals surface area contributed by atoms with Gasteiger partial charge in [-0.2, -0.15) is 0 Å². The highest BCUT2D eigenvalue weighted by molar-refractivity contribution is 6.40. The highest BCUT2D eigenvalue weighted by Crippen LogP contribution is 2.36. The third-order valence-corrected chi connectivity index (χ3v) is 5.59. The lowest BCUT2D eigenvalue weighted by Crippen LogP contribution is -2.11. The molecule has 4 rings (SSSR count). The molecule has 1 aliphatic rings. The Hall–Kier alpha value is -4.18. The van der Waals surface area contributed by atoms with Crippen LogP contribution in [0.5, 0.6) is 0 Å². The third kappa shape index (κ3) is 5.38. The van der Waals surface area contributed by atoms with Gasteiger partial charge in [0.05, 0.1) is 17.8 Å². The number of carbonyl (C=O) groups excluding carboxylic acids is 2. The molecule has 0 N–H and O–H groups in total. The summed E-state index contributed by atoms with van der Waals surface area (Å²) in [6, 6.07) is 29.4. The van der Waals surface area contributed by atoms with Crippen molar-refractivity contribution in [2.75, 3.05) is 0 Å². The smallest absolute Gasteiger partial charge is 0.236 e. The number of carbonyl (C=O) groups is 2. The molecular formula is C32H30O4. The molecule has 0 unspecified atom stereocenters. The maximum atomic E-state index is 13.7. The van der Waals surface area contributed by atoms with E-state index in [-0.39, 0.29) is 29.3 Å². The van der Waals surface area contributed by atoms with Gasteiger partial charge in [0.2, 0.25) is 23.1 Å². The Morgan fingerprint density at radius 1 is 0.583 bits per heavy atom. The molecule has 3 aromatic rings. The van der Waals surface area contributed by atoms with E-state index in [0.29, 0.717) is 5.57 Å². The van der Waals surface area contributed by atoms with E-state index in [1.807, 2.05) is 125 Å². The van der Waals surface area contributed by atoms with Crippen molar-refractivity contribution in [1.29, 1.82) is 0 Å². The normalized spacial score (nSPS) is 13.4. The summed E-state index contributed by atoms with van der Waals surface area (Å²) < 4.78 is 11.7. The standard InChI is InChI=1S/C32H30O4/c1-21(2)35-31-29(33)28(30(34)32(31)36-22(3)4)27(25-18-12-7-13-19-25)20-26(23-14-8-5-9-15-23)24-16-10-6-11-17-24/h5-22H,1-4H3. The van der Waals surface area contributed by atoms with E-state index in [2.05, 4.69) is 0 Å². The van der Waals surface area contributed by atoms with Crippen molar-refractivity contribution in [2.45, 2.75) is 39.9 Å². The molecule has 0 aliphatic heterocycles. The molecule has 0 saturated carbocycles. The van der Waals surface area contributed by atoms with Crippen LogP contribution in [0.3, 0.4) is 0 Å². The molecule has 1 aliphatic carbocycles. The second-order valence-electron chi connectivity index (χ2n) is 9.09. The van der Waals surface area contributed by atoms with Crippen LogP contribution in [-0.4, -0.2) is 23.8 Å². The Kier molecular flexibility index (Phi) is 7.65. The maximum Gasteiger partial charge on any atom is 0.236 e. The summed E-state index contributed by atoms with van der Waals surface area (Å²) in [5.74, 6) is -0.970. The quantitative estimate of drug-likeness (QED) is 0.264. The fraction of sp³-hybridized carbons (Fsp3) is 0.188. The Balaban J connectivity index is 2.00. The number of rotatable bonds is 8. The van der Waals surface area contributed by atoms with Crippen LogP contribution in [0.1, 0.15) is 44.4 Å². The van der Waals surface area contributed by atoms with Gasteiger partial charge >= 0.3 is 0 Å². The van der Waals surface area contributed by atoms with Crippen molar-refractivity contribution in [3.05, 3.63) is 131 Å². The summed E-state index contributed by atoms with van der Waals surface area (Å²) in [6.45, 7) is 7.28. The van der Waals surface area contributed by atoms with E-state index in [9.17, 15) is 9.59 Å². The zero-order chi connectivity index (χ0) is 25.7. The second-order valence-corrected chi connectivity index (χ2v) is 9.09. The molecule has 0 radical (unpaired) electrons. The summed E-state index contributed by atoms with van der Waals surface area (Å²) in [5.41, 5.74) is 4.18. The molecular weight excluding hydrogens is 448 g/mol. The lowest BCUT2D eigenvalue weighted by Gasteiger charge is -2.13. The van der Waals surface area contributed by atoms with E-state index in [0.717, 1.165) is 22.3 Å². The monoisotopic (exact) mass is 478 g/mol. The Labute approximate surface area is 212 Å². The molecule has 0 saturated heterocycles. The van der Waals surface area contributed by atoms with Crippen LogP contribution < -0.4 is 0 Å². The van der Waals surface area contributed by atoms with Crippen molar-refractivity contribution in [1.82, 2.24) is 0 Å². The first-order chi connectivity index (χ1) is 17.4. The first-order valence-electron chi connectivity index (χ1n) is 12.2. The highest BCUT2D eigenvalue weighted by Gasteiger charge is 2.42. The van der Waals surface area contributed by atoms with Crippen LogP contribution in [0.2, 0.25) is 0 Å². The van der Waals surface area contributed by atoms with E-state index < -0.39 is 11.6 Å². The van der Waals surface area contributed by atoms with Crippen molar-refractivity contribution in [3.63, 3.8) is 0 Å². The van der Waals surface area contributed by atoms with Gasteiger partial charge in [-0.05, 0) is 61.6 Å². The minimum atomic E-state index is -0.458. The van der Waals surface area contributed by atoms with Gasteiger partial charge in [0, 0.05) is 0 Å². The molecule has 0 fully saturated rings. The largest absolute Gasteiger partial charge is 0.483 e. The molecule has 0 spiro atoms. The van der Waals surface area contributed by atoms with Crippen LogP contribution in [0.15, 0.2) is 114 Å². The van der Waals surface area contributed by atoms with Crippen LogP contribution in [0.4, 0.5) is 0 Å². The van der Waals surface area contributed by atoms with Crippen LogP contribution in [0.25, 0.3) is 11.1 Å². The number of hydrogen-bond donors (Lipinski definition) is 0. The van der Waals surface area contributed by atoms with Gasteiger partial charge in [-0.1, -0.05) is 91.0 Å². The van der Waals surface area contributed by atoms with E-state index in [1.165, 1.54) is 0 Å². The van der Waals surface area contributed by atoms with E-state index >= 15 is 0 Å². The minimum Gasteiger partial charge on any atom is -0.483 e. The second kappa shape index (κ2) is 11.0. The average Bonchev–Trinajstić information content (AvgIpc) is 3.09. The van der Waals surface area contributed by atoms with E-state index in [1.54, 1.807) is 0 Å². The van der Waals surface area contributed by atoms with Gasteiger partial charge in [-0.15, -0.1) is 0 Å². The molecule has 36 heavy (non-hydrogen) atoms. The molecule has 0 aromatic heterocycles. The predicted molar refractivity (Wildman–Crippen MR) is 143 cm³/mol. The molecule has 0 bridgehead atoms. The van der Waals surface area contributed by atoms with Crippen LogP contribution in [0, 0.1) is 0 Å². The molecule has 4 nitrogen and oxygen atoms in total. The number of hydrogen-bond acceptors (Lipinski definition) is 4. The van der Waals surface area contributed by atoms with Gasteiger partial charge in [0.15, 0.2) is 0 Å². The molecule has 0 amide bonds. The summed E-state index contributed by atoms with van der Waals surface area (Å²) in [4.78, 5) is 27.5. The Bertz CT molecular complexity index is 1250. The molecule has 182 valence electrons. The van der Waals surface area contributed by atoms with Crippen LogP contribution in [-0.2, 0) is 19.1 Å². The predicted octanol–water partition coefficient (Wildman–Crippen LogP) is 6.79. The first-order valence-corrected chi connectivity index (χ1v) is 12.2. The molecule has 0 atom stereocenters. The third-order valence-electron chi connectivity index (χ3n) is 5.59. The lowest BCUT2D eigenvalue weighted by molar-refractivity contribution is -0.118. The van der Waals surface area contributed by atoms with Gasteiger partial charge in [0.25, 0.3) is 0 Å². The van der Waals surface area contributed by atoms with Crippen molar-refractivity contribution in [3.8, 4) is 0 Å². The van der Waals surface area contributed by atoms with Gasteiger partial charge in [0.1, 0.15) is 0 Å². The topological polar surface area (TPSA) is 52.6 Å². The molecule has 3 aromatic carbocycles. The summed E-state index contributed by atoms with van der Waals surface area (Å²) in [5, 5.41) is 0. The van der Waals surface area contributed by atoms with Gasteiger partial charge in [-0.25, -0.2) is 0 Å². The van der Waals surface area contributed by atoms with Gasteiger partial charge < -0.3 is 9.47 Å². The van der Waals surface area contributed by atoms with E-state index in [4.69, 9.17) is 9.47 Å².